The summed E-state index contributed by atoms with van der Waals surface area (Å²) in [6.45, 7) is 3.26. The molecule has 1 aromatic rings. The molecule has 1 heterocycles. The largest absolute Gasteiger partial charge is 0.508 e. The van der Waals surface area contributed by atoms with E-state index in [-0.39, 0.29) is 10.6 Å². The molecule has 0 saturated carbocycles. The van der Waals surface area contributed by atoms with Gasteiger partial charge in [-0.25, -0.2) is 8.42 Å². The van der Waals surface area contributed by atoms with Crippen molar-refractivity contribution in [3.05, 3.63) is 24.3 Å². The van der Waals surface area contributed by atoms with Crippen LogP contribution in [0.15, 0.2) is 29.2 Å². The fourth-order valence-electron chi connectivity index (χ4n) is 2.37. The standard InChI is InChI=1S/C13H19NO3S/c1-2-11-5-4-8-14(10-11)18(16,17)13-7-3-6-12(15)9-13/h3,6-7,9,11,15H,2,4-5,8,10H2,1H3. The summed E-state index contributed by atoms with van der Waals surface area (Å²) in [5.41, 5.74) is 0. The Morgan fingerprint density at radius 3 is 2.89 bits per heavy atom. The van der Waals surface area contributed by atoms with Crippen molar-refractivity contribution in [1.29, 1.82) is 0 Å². The van der Waals surface area contributed by atoms with E-state index in [1.807, 2.05) is 0 Å². The second-order valence-electron chi connectivity index (χ2n) is 4.78. The zero-order chi connectivity index (χ0) is 13.2. The van der Waals surface area contributed by atoms with Crippen LogP contribution in [0.3, 0.4) is 0 Å². The predicted octanol–water partition coefficient (Wildman–Crippen LogP) is 2.20. The maximum absolute atomic E-state index is 12.4. The molecule has 0 radical (unpaired) electrons. The molecular formula is C13H19NO3S. The van der Waals surface area contributed by atoms with Crippen LogP contribution in [0.2, 0.25) is 0 Å². The normalized spacial score (nSPS) is 21.9. The van der Waals surface area contributed by atoms with E-state index < -0.39 is 10.0 Å². The highest BCUT2D eigenvalue weighted by atomic mass is 32.2. The van der Waals surface area contributed by atoms with Gasteiger partial charge in [-0.1, -0.05) is 19.4 Å². The first-order chi connectivity index (χ1) is 8.54. The first-order valence-electron chi connectivity index (χ1n) is 6.33. The van der Waals surface area contributed by atoms with Crippen LogP contribution in [0.5, 0.6) is 5.75 Å². The average Bonchev–Trinajstić information content (AvgIpc) is 2.39. The van der Waals surface area contributed by atoms with Gasteiger partial charge in [-0.2, -0.15) is 4.31 Å². The highest BCUT2D eigenvalue weighted by Gasteiger charge is 2.29. The maximum Gasteiger partial charge on any atom is 0.243 e. The van der Waals surface area contributed by atoms with E-state index in [4.69, 9.17) is 0 Å². The molecular weight excluding hydrogens is 250 g/mol. The Morgan fingerprint density at radius 2 is 2.22 bits per heavy atom. The van der Waals surface area contributed by atoms with Gasteiger partial charge in [-0.3, -0.25) is 0 Å². The number of phenolic OH excluding ortho intramolecular Hbond substituents is 1. The van der Waals surface area contributed by atoms with Crippen LogP contribution in [-0.2, 0) is 10.0 Å². The summed E-state index contributed by atoms with van der Waals surface area (Å²) in [4.78, 5) is 0.180. The third-order valence-electron chi connectivity index (χ3n) is 3.51. The molecule has 1 aliphatic heterocycles. The highest BCUT2D eigenvalue weighted by molar-refractivity contribution is 7.89. The van der Waals surface area contributed by atoms with Gasteiger partial charge in [0, 0.05) is 13.1 Å². The van der Waals surface area contributed by atoms with E-state index in [1.54, 1.807) is 10.4 Å². The Labute approximate surface area is 108 Å². The summed E-state index contributed by atoms with van der Waals surface area (Å²) in [5, 5.41) is 9.39. The third-order valence-corrected chi connectivity index (χ3v) is 5.38. The van der Waals surface area contributed by atoms with Crippen LogP contribution < -0.4 is 0 Å². The molecule has 1 N–H and O–H groups in total. The van der Waals surface area contributed by atoms with Crippen molar-refractivity contribution in [2.24, 2.45) is 5.92 Å². The minimum Gasteiger partial charge on any atom is -0.508 e. The van der Waals surface area contributed by atoms with Gasteiger partial charge in [0.25, 0.3) is 0 Å². The molecule has 5 heteroatoms. The molecule has 1 aromatic carbocycles. The van der Waals surface area contributed by atoms with Crippen LogP contribution >= 0.6 is 0 Å². The van der Waals surface area contributed by atoms with Crippen LogP contribution in [0, 0.1) is 5.92 Å². The van der Waals surface area contributed by atoms with Gasteiger partial charge in [0.2, 0.25) is 10.0 Å². The lowest BCUT2D eigenvalue weighted by Crippen LogP contribution is -2.39. The summed E-state index contributed by atoms with van der Waals surface area (Å²) in [5.74, 6) is 0.436. The zero-order valence-electron chi connectivity index (χ0n) is 10.5. The zero-order valence-corrected chi connectivity index (χ0v) is 11.4. The molecule has 1 saturated heterocycles. The fourth-order valence-corrected chi connectivity index (χ4v) is 3.97. The molecule has 0 aromatic heterocycles. The number of piperidine rings is 1. The van der Waals surface area contributed by atoms with Crippen molar-refractivity contribution >= 4 is 10.0 Å². The van der Waals surface area contributed by atoms with Crippen LogP contribution in [0.25, 0.3) is 0 Å². The summed E-state index contributed by atoms with van der Waals surface area (Å²) in [6.07, 6.45) is 3.02. The second kappa shape index (κ2) is 5.28. The first kappa shape index (κ1) is 13.4. The Hall–Kier alpha value is -1.07. The molecule has 4 nitrogen and oxygen atoms in total. The van der Waals surface area contributed by atoms with Crippen molar-refractivity contribution < 1.29 is 13.5 Å². The minimum atomic E-state index is -3.45. The molecule has 1 atom stereocenters. The van der Waals surface area contributed by atoms with Crippen LogP contribution in [0.1, 0.15) is 26.2 Å². The molecule has 100 valence electrons. The molecule has 1 fully saturated rings. The van der Waals surface area contributed by atoms with Gasteiger partial charge in [0.05, 0.1) is 4.90 Å². The molecule has 1 unspecified atom stereocenters. The molecule has 0 amide bonds. The number of hydrogen-bond donors (Lipinski definition) is 1. The predicted molar refractivity (Wildman–Crippen MR) is 69.9 cm³/mol. The Bertz CT molecular complexity index is 513. The van der Waals surface area contributed by atoms with Crippen molar-refractivity contribution in [1.82, 2.24) is 4.31 Å². The van der Waals surface area contributed by atoms with Crippen molar-refractivity contribution in [2.45, 2.75) is 31.1 Å². The number of phenols is 1. The Morgan fingerprint density at radius 1 is 1.44 bits per heavy atom. The van der Waals surface area contributed by atoms with E-state index in [1.165, 1.54) is 18.2 Å². The lowest BCUT2D eigenvalue weighted by molar-refractivity contribution is 0.261. The Kier molecular flexibility index (Phi) is 3.92. The average molecular weight is 269 g/mol. The fraction of sp³-hybridized carbons (Fsp3) is 0.538. The monoisotopic (exact) mass is 269 g/mol. The van der Waals surface area contributed by atoms with Gasteiger partial charge < -0.3 is 5.11 Å². The SMILES string of the molecule is CCC1CCCN(S(=O)(=O)c2cccc(O)c2)C1. The van der Waals surface area contributed by atoms with Gasteiger partial charge in [0.15, 0.2) is 0 Å². The number of hydrogen-bond acceptors (Lipinski definition) is 3. The van der Waals surface area contributed by atoms with Crippen molar-refractivity contribution in [2.75, 3.05) is 13.1 Å². The summed E-state index contributed by atoms with van der Waals surface area (Å²) < 4.78 is 26.4. The highest BCUT2D eigenvalue weighted by Crippen LogP contribution is 2.26. The molecule has 18 heavy (non-hydrogen) atoms. The van der Waals surface area contributed by atoms with E-state index >= 15 is 0 Å². The topological polar surface area (TPSA) is 57.6 Å². The smallest absolute Gasteiger partial charge is 0.243 e. The summed E-state index contributed by atoms with van der Waals surface area (Å²) >= 11 is 0. The van der Waals surface area contributed by atoms with Gasteiger partial charge in [-0.15, -0.1) is 0 Å². The number of sulfonamides is 1. The minimum absolute atomic E-state index is 0.0138. The van der Waals surface area contributed by atoms with E-state index in [0.717, 1.165) is 19.3 Å². The van der Waals surface area contributed by atoms with Crippen molar-refractivity contribution in [3.63, 3.8) is 0 Å². The van der Waals surface area contributed by atoms with E-state index in [0.29, 0.717) is 19.0 Å². The van der Waals surface area contributed by atoms with E-state index in [9.17, 15) is 13.5 Å². The second-order valence-corrected chi connectivity index (χ2v) is 6.71. The van der Waals surface area contributed by atoms with Gasteiger partial charge in [0.1, 0.15) is 5.75 Å². The first-order valence-corrected chi connectivity index (χ1v) is 7.77. The van der Waals surface area contributed by atoms with Gasteiger partial charge >= 0.3 is 0 Å². The number of aromatic hydroxyl groups is 1. The van der Waals surface area contributed by atoms with Crippen LogP contribution in [0.4, 0.5) is 0 Å². The van der Waals surface area contributed by atoms with Crippen LogP contribution in [-0.4, -0.2) is 30.9 Å². The summed E-state index contributed by atoms with van der Waals surface area (Å²) in [6, 6.07) is 5.88. The molecule has 1 aliphatic rings. The quantitative estimate of drug-likeness (QED) is 0.915. The molecule has 0 bridgehead atoms. The molecule has 0 aliphatic carbocycles. The number of nitrogens with zero attached hydrogens (tertiary/aromatic N) is 1. The molecule has 0 spiro atoms. The number of rotatable bonds is 3. The molecule has 2 rings (SSSR count). The maximum atomic E-state index is 12.4. The summed E-state index contributed by atoms with van der Waals surface area (Å²) in [7, 11) is -3.45. The van der Waals surface area contributed by atoms with E-state index in [2.05, 4.69) is 6.92 Å². The van der Waals surface area contributed by atoms with Crippen molar-refractivity contribution in [3.8, 4) is 5.75 Å². The lowest BCUT2D eigenvalue weighted by atomic mass is 9.97. The van der Waals surface area contributed by atoms with Gasteiger partial charge in [-0.05, 0) is 37.0 Å². The Balaban J connectivity index is 2.25. The number of benzene rings is 1. The lowest BCUT2D eigenvalue weighted by Gasteiger charge is -2.31. The third kappa shape index (κ3) is 2.67.